The van der Waals surface area contributed by atoms with Crippen LogP contribution in [0, 0.1) is 5.92 Å². The van der Waals surface area contributed by atoms with Crippen LogP contribution in [-0.4, -0.2) is 27.5 Å². The first-order valence-electron chi connectivity index (χ1n) is 6.61. The SMILES string of the molecule is CC1CNCCC1NS(=O)(=O)c1ccccc1C(F)(F)F.Cl. The Kier molecular flexibility index (Phi) is 6.26. The average Bonchev–Trinajstić information content (AvgIpc) is 2.40. The summed E-state index contributed by atoms with van der Waals surface area (Å²) in [4.78, 5) is -0.719. The van der Waals surface area contributed by atoms with Crippen molar-refractivity contribution >= 4 is 22.4 Å². The number of nitrogens with one attached hydrogen (secondary N) is 2. The molecule has 1 aromatic rings. The topological polar surface area (TPSA) is 58.2 Å². The van der Waals surface area contributed by atoms with Gasteiger partial charge in [0.25, 0.3) is 0 Å². The van der Waals surface area contributed by atoms with Crippen LogP contribution in [0.4, 0.5) is 13.2 Å². The lowest BCUT2D eigenvalue weighted by molar-refractivity contribution is -0.139. The van der Waals surface area contributed by atoms with Crippen LogP contribution < -0.4 is 10.0 Å². The first-order valence-corrected chi connectivity index (χ1v) is 8.09. The summed E-state index contributed by atoms with van der Waals surface area (Å²) in [6.45, 7) is 3.13. The number of halogens is 4. The first-order chi connectivity index (χ1) is 9.72. The van der Waals surface area contributed by atoms with E-state index in [1.54, 1.807) is 0 Å². The van der Waals surface area contributed by atoms with Gasteiger partial charge in [-0.05, 0) is 37.6 Å². The molecule has 1 saturated heterocycles. The van der Waals surface area contributed by atoms with Crippen molar-refractivity contribution in [1.82, 2.24) is 10.0 Å². The number of hydrogen-bond acceptors (Lipinski definition) is 3. The van der Waals surface area contributed by atoms with Crippen LogP contribution in [0.15, 0.2) is 29.2 Å². The standard InChI is InChI=1S/C13H17F3N2O2S.ClH/c1-9-8-17-7-6-11(9)18-21(19,20)12-5-3-2-4-10(12)13(14,15)16;/h2-5,9,11,17-18H,6-8H2,1H3;1H. The first kappa shape index (κ1) is 19.2. The monoisotopic (exact) mass is 358 g/mol. The van der Waals surface area contributed by atoms with E-state index in [1.807, 2.05) is 6.92 Å². The molecule has 0 spiro atoms. The number of piperidine rings is 1. The Morgan fingerprint density at radius 2 is 1.91 bits per heavy atom. The van der Waals surface area contributed by atoms with Gasteiger partial charge in [-0.15, -0.1) is 12.4 Å². The van der Waals surface area contributed by atoms with Crippen molar-refractivity contribution in [1.29, 1.82) is 0 Å². The molecule has 126 valence electrons. The van der Waals surface area contributed by atoms with Gasteiger partial charge in [-0.2, -0.15) is 13.2 Å². The van der Waals surface area contributed by atoms with Gasteiger partial charge in [0, 0.05) is 6.04 Å². The molecular formula is C13H18ClF3N2O2S. The number of hydrogen-bond donors (Lipinski definition) is 2. The van der Waals surface area contributed by atoms with Crippen LogP contribution >= 0.6 is 12.4 Å². The van der Waals surface area contributed by atoms with Crippen molar-refractivity contribution < 1.29 is 21.6 Å². The van der Waals surface area contributed by atoms with Crippen molar-refractivity contribution in [3.8, 4) is 0 Å². The number of alkyl halides is 3. The van der Waals surface area contributed by atoms with Crippen LogP contribution in [-0.2, 0) is 16.2 Å². The Morgan fingerprint density at radius 1 is 1.27 bits per heavy atom. The smallest absolute Gasteiger partial charge is 0.316 e. The second-order valence-corrected chi connectivity index (χ2v) is 6.87. The average molecular weight is 359 g/mol. The maximum Gasteiger partial charge on any atom is 0.417 e. The number of rotatable bonds is 3. The molecule has 0 amide bonds. The molecule has 1 aliphatic heterocycles. The molecule has 0 radical (unpaired) electrons. The Morgan fingerprint density at radius 3 is 2.50 bits per heavy atom. The van der Waals surface area contributed by atoms with E-state index in [4.69, 9.17) is 0 Å². The zero-order valence-electron chi connectivity index (χ0n) is 11.9. The molecule has 2 N–H and O–H groups in total. The summed E-state index contributed by atoms with van der Waals surface area (Å²) in [6, 6.07) is 3.86. The Balaban J connectivity index is 0.00000242. The van der Waals surface area contributed by atoms with Gasteiger partial charge in [0.1, 0.15) is 0 Å². The fraction of sp³-hybridized carbons (Fsp3) is 0.538. The molecule has 1 aliphatic rings. The summed E-state index contributed by atoms with van der Waals surface area (Å²) >= 11 is 0. The lowest BCUT2D eigenvalue weighted by Gasteiger charge is -2.30. The van der Waals surface area contributed by atoms with Gasteiger partial charge in [-0.25, -0.2) is 13.1 Å². The van der Waals surface area contributed by atoms with Gasteiger partial charge in [0.15, 0.2) is 0 Å². The predicted molar refractivity (Wildman–Crippen MR) is 79.5 cm³/mol. The number of sulfonamides is 1. The van der Waals surface area contributed by atoms with Crippen LogP contribution in [0.25, 0.3) is 0 Å². The minimum Gasteiger partial charge on any atom is -0.316 e. The Hall–Kier alpha value is -0.830. The number of benzene rings is 1. The second-order valence-electron chi connectivity index (χ2n) is 5.19. The molecule has 2 unspecified atom stereocenters. The highest BCUT2D eigenvalue weighted by molar-refractivity contribution is 7.89. The Labute approximate surface area is 133 Å². The molecule has 0 aromatic heterocycles. The summed E-state index contributed by atoms with van der Waals surface area (Å²) < 4.78 is 65.8. The molecule has 0 aliphatic carbocycles. The van der Waals surface area contributed by atoms with E-state index in [2.05, 4.69) is 10.0 Å². The molecule has 1 heterocycles. The molecule has 2 atom stereocenters. The third kappa shape index (κ3) is 4.34. The van der Waals surface area contributed by atoms with Gasteiger partial charge in [-0.1, -0.05) is 19.1 Å². The largest absolute Gasteiger partial charge is 0.417 e. The molecular weight excluding hydrogens is 341 g/mol. The molecule has 9 heteroatoms. The normalized spacial score (nSPS) is 22.9. The van der Waals surface area contributed by atoms with Crippen molar-refractivity contribution in [2.45, 2.75) is 30.5 Å². The van der Waals surface area contributed by atoms with Crippen molar-refractivity contribution in [2.75, 3.05) is 13.1 Å². The third-order valence-corrected chi connectivity index (χ3v) is 5.12. The third-order valence-electron chi connectivity index (χ3n) is 3.57. The zero-order chi connectivity index (χ0) is 15.7. The summed E-state index contributed by atoms with van der Waals surface area (Å²) in [5, 5.41) is 3.11. The summed E-state index contributed by atoms with van der Waals surface area (Å²) in [6.07, 6.45) is -4.15. The van der Waals surface area contributed by atoms with Crippen LogP contribution in [0.5, 0.6) is 0 Å². The van der Waals surface area contributed by atoms with Gasteiger partial charge >= 0.3 is 6.18 Å². The minimum atomic E-state index is -4.70. The Bertz CT molecular complexity index is 608. The highest BCUT2D eigenvalue weighted by Crippen LogP contribution is 2.34. The van der Waals surface area contributed by atoms with E-state index in [-0.39, 0.29) is 24.4 Å². The van der Waals surface area contributed by atoms with E-state index in [9.17, 15) is 21.6 Å². The van der Waals surface area contributed by atoms with Crippen molar-refractivity contribution in [3.05, 3.63) is 29.8 Å². The van der Waals surface area contributed by atoms with E-state index >= 15 is 0 Å². The fourth-order valence-corrected chi connectivity index (χ4v) is 3.99. The van der Waals surface area contributed by atoms with Gasteiger partial charge < -0.3 is 5.32 Å². The van der Waals surface area contributed by atoms with E-state index in [0.717, 1.165) is 12.1 Å². The van der Waals surface area contributed by atoms with Crippen molar-refractivity contribution in [2.24, 2.45) is 5.92 Å². The van der Waals surface area contributed by atoms with E-state index in [1.165, 1.54) is 12.1 Å². The highest BCUT2D eigenvalue weighted by Gasteiger charge is 2.38. The maximum atomic E-state index is 12.9. The molecule has 2 rings (SSSR count). The lowest BCUT2D eigenvalue weighted by Crippen LogP contribution is -2.48. The van der Waals surface area contributed by atoms with Crippen molar-refractivity contribution in [3.63, 3.8) is 0 Å². The van der Waals surface area contributed by atoms with Gasteiger partial charge in [0.2, 0.25) is 10.0 Å². The molecule has 0 bridgehead atoms. The molecule has 0 saturated carbocycles. The minimum absolute atomic E-state index is 0. The van der Waals surface area contributed by atoms with Gasteiger partial charge in [0.05, 0.1) is 10.5 Å². The predicted octanol–water partition coefficient (Wildman–Crippen LogP) is 2.40. The quantitative estimate of drug-likeness (QED) is 0.872. The summed E-state index contributed by atoms with van der Waals surface area (Å²) in [5.74, 6) is 0.0200. The second kappa shape index (κ2) is 7.16. The molecule has 22 heavy (non-hydrogen) atoms. The van der Waals surface area contributed by atoms with E-state index < -0.39 is 26.7 Å². The maximum absolute atomic E-state index is 12.9. The summed E-state index contributed by atoms with van der Waals surface area (Å²) in [5.41, 5.74) is -1.14. The van der Waals surface area contributed by atoms with Crippen LogP contribution in [0.1, 0.15) is 18.9 Å². The van der Waals surface area contributed by atoms with Crippen LogP contribution in [0.3, 0.4) is 0 Å². The zero-order valence-corrected chi connectivity index (χ0v) is 13.5. The molecule has 1 fully saturated rings. The lowest BCUT2D eigenvalue weighted by atomic mass is 9.97. The van der Waals surface area contributed by atoms with Gasteiger partial charge in [-0.3, -0.25) is 0 Å². The summed E-state index contributed by atoms with van der Waals surface area (Å²) in [7, 11) is -4.20. The fourth-order valence-electron chi connectivity index (χ4n) is 2.39. The van der Waals surface area contributed by atoms with E-state index in [0.29, 0.717) is 19.5 Å². The molecule has 4 nitrogen and oxygen atoms in total. The van der Waals surface area contributed by atoms with Crippen LogP contribution in [0.2, 0.25) is 0 Å². The molecule has 1 aromatic carbocycles. The highest BCUT2D eigenvalue weighted by atomic mass is 35.5.